The van der Waals surface area contributed by atoms with Crippen molar-refractivity contribution >= 4 is 49.1 Å². The van der Waals surface area contributed by atoms with E-state index in [4.69, 9.17) is 20.4 Å². The molecule has 2 fully saturated rings. The zero-order valence-corrected chi connectivity index (χ0v) is 25.6. The summed E-state index contributed by atoms with van der Waals surface area (Å²) in [7, 11) is 4.07. The van der Waals surface area contributed by atoms with E-state index in [0.717, 1.165) is 25.1 Å². The van der Waals surface area contributed by atoms with Gasteiger partial charge in [-0.1, -0.05) is 0 Å². The average Bonchev–Trinajstić information content (AvgIpc) is 3.42. The molecule has 5 aromatic rings. The molecule has 2 aromatic carbocycles. The molecule has 11 nitrogen and oxygen atoms in total. The molecule has 3 aromatic heterocycles. The number of aromatic nitrogens is 5. The van der Waals surface area contributed by atoms with Gasteiger partial charge in [0.2, 0.25) is 5.95 Å². The summed E-state index contributed by atoms with van der Waals surface area (Å²) in [4.78, 5) is 18.6. The molecule has 14 heteroatoms. The van der Waals surface area contributed by atoms with E-state index in [1.165, 1.54) is 17.4 Å². The fourth-order valence-electron chi connectivity index (χ4n) is 6.52. The molecule has 5 heterocycles. The van der Waals surface area contributed by atoms with Gasteiger partial charge in [-0.2, -0.15) is 15.3 Å². The molecule has 1 saturated carbocycles. The van der Waals surface area contributed by atoms with Gasteiger partial charge < -0.3 is 25.6 Å². The highest BCUT2D eigenvalue weighted by Crippen LogP contribution is 2.47. The van der Waals surface area contributed by atoms with Crippen molar-refractivity contribution in [2.75, 3.05) is 43.1 Å². The Hall–Kier alpha value is -4.45. The number of nitrogens with two attached hydrogens (primary N) is 1. The van der Waals surface area contributed by atoms with Crippen LogP contribution in [0.25, 0.3) is 32.1 Å². The molecule has 8 rings (SSSR count). The summed E-state index contributed by atoms with van der Waals surface area (Å²) in [6.07, 6.45) is 3.09. The molecule has 0 radical (unpaired) electrons. The SMILES string of the molecule is CN(C)[C@H]1CCN(c2nc(NCc3nc(C4CC4)n[nH]3)c3c4c(c(-c5c(F)ccc6sc(N)c(C#N)c56)c(F)c3n2)COC4)C1. The highest BCUT2D eigenvalue weighted by Gasteiger charge is 2.33. The smallest absolute Gasteiger partial charge is 0.228 e. The summed E-state index contributed by atoms with van der Waals surface area (Å²) in [6.45, 7) is 1.92. The second-order valence-corrected chi connectivity index (χ2v) is 13.2. The van der Waals surface area contributed by atoms with Crippen molar-refractivity contribution in [1.29, 1.82) is 5.26 Å². The van der Waals surface area contributed by atoms with Gasteiger partial charge in [0.25, 0.3) is 0 Å². The fourth-order valence-corrected chi connectivity index (χ4v) is 7.44. The summed E-state index contributed by atoms with van der Waals surface area (Å²) in [5, 5.41) is 21.7. The average molecular weight is 629 g/mol. The summed E-state index contributed by atoms with van der Waals surface area (Å²) in [5.74, 6) is 1.33. The van der Waals surface area contributed by atoms with E-state index in [1.807, 2.05) is 19.0 Å². The number of thiophene rings is 1. The maximum absolute atomic E-state index is 17.2. The van der Waals surface area contributed by atoms with Gasteiger partial charge in [0, 0.05) is 46.3 Å². The molecule has 0 amide bonds. The molecule has 1 saturated heterocycles. The molecular formula is C31H30F2N10OS. The number of hydrogen-bond acceptors (Lipinski definition) is 11. The topological polar surface area (TPSA) is 145 Å². The number of H-pyrrole nitrogens is 1. The molecule has 230 valence electrons. The van der Waals surface area contributed by atoms with E-state index >= 15 is 8.78 Å². The van der Waals surface area contributed by atoms with Crippen LogP contribution in [-0.2, 0) is 24.5 Å². The van der Waals surface area contributed by atoms with E-state index < -0.39 is 11.6 Å². The predicted octanol–water partition coefficient (Wildman–Crippen LogP) is 5.02. The second-order valence-electron chi connectivity index (χ2n) is 12.1. The highest BCUT2D eigenvalue weighted by molar-refractivity contribution is 7.23. The normalized spacial score (nSPS) is 18.0. The van der Waals surface area contributed by atoms with Gasteiger partial charge in [0.15, 0.2) is 11.6 Å². The Bertz CT molecular complexity index is 2050. The van der Waals surface area contributed by atoms with Crippen LogP contribution in [0.15, 0.2) is 12.1 Å². The number of halogens is 2. The summed E-state index contributed by atoms with van der Waals surface area (Å²) >= 11 is 1.17. The molecule has 0 spiro atoms. The molecule has 1 atom stereocenters. The number of likely N-dealkylation sites (N-methyl/N-ethyl adjacent to an activating group) is 1. The van der Waals surface area contributed by atoms with Crippen LogP contribution < -0.4 is 16.0 Å². The first-order valence-electron chi connectivity index (χ1n) is 14.9. The van der Waals surface area contributed by atoms with E-state index in [-0.39, 0.29) is 47.0 Å². The van der Waals surface area contributed by atoms with Crippen LogP contribution in [0.3, 0.4) is 0 Å². The summed E-state index contributed by atoms with van der Waals surface area (Å²) in [6, 6.07) is 5.25. The van der Waals surface area contributed by atoms with Crippen LogP contribution in [-0.4, -0.2) is 63.3 Å². The van der Waals surface area contributed by atoms with Crippen LogP contribution in [0.2, 0.25) is 0 Å². The van der Waals surface area contributed by atoms with Crippen LogP contribution in [0.5, 0.6) is 0 Å². The monoisotopic (exact) mass is 628 g/mol. The molecule has 45 heavy (non-hydrogen) atoms. The standard InChI is InChI=1S/C31H30F2N10OS/c1-42(2)15-7-8-43(11-15)31-38-27-24(30(39-31)36-10-21-37-29(41-40-21)14-3-4-14)18-13-44-12-17(18)23(26(27)33)25-19(32)5-6-20-22(25)16(9-34)28(35)45-20/h5-6,14-15H,3-4,7-8,10-13,35H2,1-2H3,(H,36,38,39)(H,37,40,41)/t15-/m0/s1. The van der Waals surface area contributed by atoms with Crippen LogP contribution in [0, 0.1) is 23.0 Å². The number of hydrogen-bond donors (Lipinski definition) is 3. The van der Waals surface area contributed by atoms with E-state index in [1.54, 1.807) is 6.07 Å². The van der Waals surface area contributed by atoms with Crippen molar-refractivity contribution < 1.29 is 13.5 Å². The zero-order valence-electron chi connectivity index (χ0n) is 24.7. The third-order valence-electron chi connectivity index (χ3n) is 9.07. The lowest BCUT2D eigenvalue weighted by Gasteiger charge is -2.22. The number of nitrogens with zero attached hydrogens (tertiary/aromatic N) is 7. The minimum Gasteiger partial charge on any atom is -0.389 e. The Labute approximate surface area is 261 Å². The Morgan fingerprint density at radius 2 is 1.96 bits per heavy atom. The van der Waals surface area contributed by atoms with Gasteiger partial charge in [-0.05, 0) is 56.6 Å². The fraction of sp³-hybridized carbons (Fsp3) is 0.387. The maximum atomic E-state index is 17.2. The van der Waals surface area contributed by atoms with E-state index in [0.29, 0.717) is 69.2 Å². The van der Waals surface area contributed by atoms with Crippen molar-refractivity contribution in [3.63, 3.8) is 0 Å². The van der Waals surface area contributed by atoms with Gasteiger partial charge in [-0.15, -0.1) is 11.3 Å². The van der Waals surface area contributed by atoms with Crippen molar-refractivity contribution in [3.05, 3.63) is 52.1 Å². The third-order valence-corrected chi connectivity index (χ3v) is 10.1. The number of anilines is 3. The number of nitrogen functional groups attached to an aromatic ring is 1. The number of nitrogens with one attached hydrogen (secondary N) is 2. The maximum Gasteiger partial charge on any atom is 0.228 e. The van der Waals surface area contributed by atoms with E-state index in [9.17, 15) is 5.26 Å². The summed E-state index contributed by atoms with van der Waals surface area (Å²) in [5.41, 5.74) is 7.56. The summed E-state index contributed by atoms with van der Waals surface area (Å²) < 4.78 is 39.5. The van der Waals surface area contributed by atoms with Crippen molar-refractivity contribution in [2.45, 2.75) is 51.0 Å². The Balaban J connectivity index is 1.34. The molecule has 2 aliphatic heterocycles. The van der Waals surface area contributed by atoms with E-state index in [2.05, 4.69) is 31.5 Å². The lowest BCUT2D eigenvalue weighted by molar-refractivity contribution is 0.135. The minimum absolute atomic E-state index is 0.00377. The quantitative estimate of drug-likeness (QED) is 0.225. The van der Waals surface area contributed by atoms with Crippen molar-refractivity contribution in [3.8, 4) is 17.2 Å². The van der Waals surface area contributed by atoms with Gasteiger partial charge >= 0.3 is 0 Å². The van der Waals surface area contributed by atoms with Crippen LogP contribution >= 0.6 is 11.3 Å². The molecule has 0 bridgehead atoms. The lowest BCUT2D eigenvalue weighted by Crippen LogP contribution is -2.32. The third kappa shape index (κ3) is 4.56. The van der Waals surface area contributed by atoms with Gasteiger partial charge in [0.1, 0.15) is 34.0 Å². The van der Waals surface area contributed by atoms with Crippen molar-refractivity contribution in [1.82, 2.24) is 30.0 Å². The predicted molar refractivity (Wildman–Crippen MR) is 168 cm³/mol. The highest BCUT2D eigenvalue weighted by atomic mass is 32.1. The van der Waals surface area contributed by atoms with Crippen LogP contribution in [0.1, 0.15) is 53.5 Å². The molecular weight excluding hydrogens is 598 g/mol. The first-order chi connectivity index (χ1) is 21.8. The first kappa shape index (κ1) is 28.1. The largest absolute Gasteiger partial charge is 0.389 e. The number of rotatable bonds is 7. The number of fused-ring (bicyclic) bond motifs is 4. The van der Waals surface area contributed by atoms with Crippen molar-refractivity contribution in [2.24, 2.45) is 0 Å². The number of benzene rings is 2. The zero-order chi connectivity index (χ0) is 31.0. The number of aromatic amines is 1. The minimum atomic E-state index is -0.694. The first-order valence-corrected chi connectivity index (χ1v) is 15.7. The second kappa shape index (κ2) is 10.6. The number of ether oxygens (including phenoxy) is 1. The van der Waals surface area contributed by atoms with Gasteiger partial charge in [-0.3, -0.25) is 5.10 Å². The van der Waals surface area contributed by atoms with Gasteiger partial charge in [-0.25, -0.2) is 18.7 Å². The lowest BCUT2D eigenvalue weighted by atomic mass is 9.90. The Morgan fingerprint density at radius 3 is 2.71 bits per heavy atom. The molecule has 0 unspecified atom stereocenters. The number of nitriles is 1. The van der Waals surface area contributed by atoms with Gasteiger partial charge in [0.05, 0.1) is 30.7 Å². The van der Waals surface area contributed by atoms with Crippen LogP contribution in [0.4, 0.5) is 25.5 Å². The molecule has 1 aliphatic carbocycles. The Kier molecular flexibility index (Phi) is 6.59. The molecule has 4 N–H and O–H groups in total. The molecule has 3 aliphatic rings. The Morgan fingerprint density at radius 1 is 1.13 bits per heavy atom.